The Kier molecular flexibility index (Phi) is 10.5. The predicted molar refractivity (Wildman–Crippen MR) is 100 cm³/mol. The summed E-state index contributed by atoms with van der Waals surface area (Å²) in [6.07, 6.45) is 2.44. The van der Waals surface area contributed by atoms with E-state index in [1.165, 1.54) is 5.56 Å². The Morgan fingerprint density at radius 2 is 2.00 bits per heavy atom. The second-order valence-electron chi connectivity index (χ2n) is 6.28. The molecule has 0 spiro atoms. The second kappa shape index (κ2) is 10.9. The van der Waals surface area contributed by atoms with E-state index in [0.29, 0.717) is 18.5 Å². The summed E-state index contributed by atoms with van der Waals surface area (Å²) in [6.45, 7) is 6.12. The van der Waals surface area contributed by atoms with E-state index in [0.717, 1.165) is 25.9 Å². The Hall–Kier alpha value is -0.810. The molecule has 132 valence electrons. The monoisotopic (exact) mass is 361 g/mol. The number of halogens is 2. The molecule has 0 bridgehead atoms. The van der Waals surface area contributed by atoms with Crippen molar-refractivity contribution in [3.8, 4) is 0 Å². The van der Waals surface area contributed by atoms with Crippen molar-refractivity contribution >= 4 is 30.7 Å². The lowest BCUT2D eigenvalue weighted by Gasteiger charge is -2.38. The van der Waals surface area contributed by atoms with E-state index in [9.17, 15) is 4.79 Å². The van der Waals surface area contributed by atoms with Gasteiger partial charge in [-0.15, -0.1) is 24.8 Å². The fraction of sp³-hybridized carbons (Fsp3) is 0.588. The zero-order valence-electron chi connectivity index (χ0n) is 13.9. The molecule has 2 rings (SSSR count). The molecule has 1 saturated heterocycles. The first-order chi connectivity index (χ1) is 10.0. The van der Waals surface area contributed by atoms with Crippen molar-refractivity contribution in [1.29, 1.82) is 0 Å². The van der Waals surface area contributed by atoms with Crippen molar-refractivity contribution in [2.45, 2.75) is 57.8 Å². The molecule has 0 radical (unpaired) electrons. The van der Waals surface area contributed by atoms with Crippen LogP contribution in [0, 0.1) is 0 Å². The Labute approximate surface area is 152 Å². The highest BCUT2D eigenvalue weighted by Gasteiger charge is 2.26. The Morgan fingerprint density at radius 1 is 1.35 bits per heavy atom. The highest BCUT2D eigenvalue weighted by Crippen LogP contribution is 2.20. The molecular formula is C17H29Cl2N3O. The predicted octanol–water partition coefficient (Wildman–Crippen LogP) is 2.74. The molecule has 1 aromatic rings. The quantitative estimate of drug-likeness (QED) is 0.847. The minimum atomic E-state index is -0.0689. The first-order valence-corrected chi connectivity index (χ1v) is 7.87. The zero-order valence-corrected chi connectivity index (χ0v) is 15.5. The van der Waals surface area contributed by atoms with Crippen molar-refractivity contribution in [2.24, 2.45) is 5.73 Å². The highest BCUT2D eigenvalue weighted by molar-refractivity contribution is 5.85. The van der Waals surface area contributed by atoms with E-state index in [1.807, 2.05) is 13.0 Å². The molecule has 1 aliphatic rings. The maximum Gasteiger partial charge on any atom is 0.221 e. The van der Waals surface area contributed by atoms with E-state index in [4.69, 9.17) is 5.73 Å². The minimum Gasteiger partial charge on any atom is -0.353 e. The number of piperidine rings is 1. The van der Waals surface area contributed by atoms with Gasteiger partial charge in [0.1, 0.15) is 0 Å². The highest BCUT2D eigenvalue weighted by atomic mass is 35.5. The van der Waals surface area contributed by atoms with Crippen LogP contribution in [0.15, 0.2) is 30.3 Å². The van der Waals surface area contributed by atoms with Gasteiger partial charge in [0.25, 0.3) is 0 Å². The number of benzene rings is 1. The van der Waals surface area contributed by atoms with Gasteiger partial charge in [-0.05, 0) is 32.3 Å². The lowest BCUT2D eigenvalue weighted by Crippen LogP contribution is -2.49. The molecule has 1 fully saturated rings. The average Bonchev–Trinajstić information content (AvgIpc) is 2.42. The normalized spacial score (nSPS) is 22.4. The average molecular weight is 362 g/mol. The topological polar surface area (TPSA) is 58.4 Å². The number of carbonyl (C=O) groups is 1. The molecule has 23 heavy (non-hydrogen) atoms. The summed E-state index contributed by atoms with van der Waals surface area (Å²) < 4.78 is 0. The minimum absolute atomic E-state index is 0. The van der Waals surface area contributed by atoms with Crippen LogP contribution in [0.2, 0.25) is 0 Å². The third-order valence-corrected chi connectivity index (χ3v) is 4.11. The smallest absolute Gasteiger partial charge is 0.221 e. The van der Waals surface area contributed by atoms with E-state index in [-0.39, 0.29) is 36.8 Å². The van der Waals surface area contributed by atoms with Crippen molar-refractivity contribution in [1.82, 2.24) is 10.2 Å². The number of rotatable bonds is 5. The lowest BCUT2D eigenvalue weighted by molar-refractivity contribution is -0.122. The van der Waals surface area contributed by atoms with Gasteiger partial charge in [0.15, 0.2) is 0 Å². The summed E-state index contributed by atoms with van der Waals surface area (Å²) in [6, 6.07) is 11.3. The van der Waals surface area contributed by atoms with Gasteiger partial charge in [-0.3, -0.25) is 9.69 Å². The lowest BCUT2D eigenvalue weighted by atomic mass is 9.97. The van der Waals surface area contributed by atoms with Gasteiger partial charge < -0.3 is 11.1 Å². The largest absolute Gasteiger partial charge is 0.353 e. The Bertz CT molecular complexity index is 456. The molecule has 3 atom stereocenters. The molecule has 4 nitrogen and oxygen atoms in total. The fourth-order valence-corrected chi connectivity index (χ4v) is 2.98. The Morgan fingerprint density at radius 3 is 2.57 bits per heavy atom. The van der Waals surface area contributed by atoms with Crippen LogP contribution in [0.25, 0.3) is 0 Å². The number of nitrogens with zero attached hydrogens (tertiary/aromatic N) is 1. The summed E-state index contributed by atoms with van der Waals surface area (Å²) in [5, 5.41) is 3.12. The molecule has 1 aromatic carbocycles. The molecule has 0 aliphatic carbocycles. The summed E-state index contributed by atoms with van der Waals surface area (Å²) in [7, 11) is 0. The summed E-state index contributed by atoms with van der Waals surface area (Å²) in [5.41, 5.74) is 7.02. The molecule has 1 aliphatic heterocycles. The molecule has 1 amide bonds. The molecule has 3 unspecified atom stereocenters. The third-order valence-electron chi connectivity index (χ3n) is 4.11. The van der Waals surface area contributed by atoms with E-state index in [1.54, 1.807) is 0 Å². The van der Waals surface area contributed by atoms with Crippen molar-refractivity contribution in [2.75, 3.05) is 6.54 Å². The first kappa shape index (κ1) is 22.2. The molecule has 1 heterocycles. The second-order valence-corrected chi connectivity index (χ2v) is 6.28. The van der Waals surface area contributed by atoms with Crippen molar-refractivity contribution in [3.05, 3.63) is 35.9 Å². The maximum atomic E-state index is 11.8. The summed E-state index contributed by atoms with van der Waals surface area (Å²) in [4.78, 5) is 14.3. The fourth-order valence-electron chi connectivity index (χ4n) is 2.98. The van der Waals surface area contributed by atoms with Gasteiger partial charge in [0.05, 0.1) is 0 Å². The van der Waals surface area contributed by atoms with E-state index < -0.39 is 0 Å². The van der Waals surface area contributed by atoms with Gasteiger partial charge in [-0.1, -0.05) is 30.3 Å². The number of carbonyl (C=O) groups excluding carboxylic acids is 1. The molecule has 6 heteroatoms. The molecular weight excluding hydrogens is 333 g/mol. The molecule has 3 N–H and O–H groups in total. The van der Waals surface area contributed by atoms with Gasteiger partial charge in [-0.25, -0.2) is 0 Å². The third kappa shape index (κ3) is 7.53. The van der Waals surface area contributed by atoms with Crippen LogP contribution in [0.1, 0.15) is 38.7 Å². The van der Waals surface area contributed by atoms with Crippen LogP contribution in [0.4, 0.5) is 0 Å². The number of hydrogen-bond donors (Lipinski definition) is 2. The van der Waals surface area contributed by atoms with E-state index >= 15 is 0 Å². The van der Waals surface area contributed by atoms with Gasteiger partial charge in [-0.2, -0.15) is 0 Å². The summed E-state index contributed by atoms with van der Waals surface area (Å²) >= 11 is 0. The van der Waals surface area contributed by atoms with Crippen LogP contribution >= 0.6 is 24.8 Å². The van der Waals surface area contributed by atoms with Crippen LogP contribution in [0.3, 0.4) is 0 Å². The number of amides is 1. The van der Waals surface area contributed by atoms with Crippen LogP contribution < -0.4 is 11.1 Å². The van der Waals surface area contributed by atoms with E-state index in [2.05, 4.69) is 41.4 Å². The van der Waals surface area contributed by atoms with Crippen molar-refractivity contribution in [3.63, 3.8) is 0 Å². The number of likely N-dealkylation sites (tertiary alicyclic amines) is 1. The SMILES string of the molecule is CC(N)CC(=O)NC1CCN(Cc2ccccc2)C(C)C1.Cl.Cl. The molecule has 0 saturated carbocycles. The molecule has 0 aromatic heterocycles. The van der Waals surface area contributed by atoms with Crippen LogP contribution in [0.5, 0.6) is 0 Å². The van der Waals surface area contributed by atoms with Gasteiger partial charge in [0, 0.05) is 37.6 Å². The van der Waals surface area contributed by atoms with Crippen molar-refractivity contribution < 1.29 is 4.79 Å². The number of hydrogen-bond acceptors (Lipinski definition) is 3. The number of nitrogens with two attached hydrogens (primary N) is 1. The summed E-state index contributed by atoms with van der Waals surface area (Å²) in [5.74, 6) is 0.0821. The first-order valence-electron chi connectivity index (χ1n) is 7.87. The van der Waals surface area contributed by atoms with Crippen LogP contribution in [-0.4, -0.2) is 35.5 Å². The van der Waals surface area contributed by atoms with Gasteiger partial charge in [0.2, 0.25) is 5.91 Å². The zero-order chi connectivity index (χ0) is 15.2. The van der Waals surface area contributed by atoms with Gasteiger partial charge >= 0.3 is 0 Å². The standard InChI is InChI=1S/C17H27N3O.2ClH/c1-13(18)10-17(21)19-16-8-9-20(14(2)11-16)12-15-6-4-3-5-7-15;;/h3-7,13-14,16H,8-12,18H2,1-2H3,(H,19,21);2*1H. The Balaban J connectivity index is 0.00000242. The number of nitrogens with one attached hydrogen (secondary N) is 1. The van der Waals surface area contributed by atoms with Crippen LogP contribution in [-0.2, 0) is 11.3 Å². The maximum absolute atomic E-state index is 11.8.